The predicted molar refractivity (Wildman–Crippen MR) is 102 cm³/mol. The second-order valence-electron chi connectivity index (χ2n) is 6.49. The van der Waals surface area contributed by atoms with Crippen molar-refractivity contribution >= 4 is 17.7 Å². The molecule has 1 fully saturated rings. The molecule has 0 unspecified atom stereocenters. The lowest BCUT2D eigenvalue weighted by Gasteiger charge is -2.33. The Balaban J connectivity index is 1.67. The number of pyridine rings is 1. The maximum atomic E-state index is 12.5. The first-order chi connectivity index (χ1) is 13.0. The monoisotopic (exact) mass is 391 g/mol. The molecule has 0 bridgehead atoms. The molecule has 7 nitrogen and oxygen atoms in total. The van der Waals surface area contributed by atoms with Crippen LogP contribution < -0.4 is 5.56 Å². The van der Waals surface area contributed by atoms with E-state index in [1.807, 2.05) is 12.1 Å². The second kappa shape index (κ2) is 8.45. The van der Waals surface area contributed by atoms with Gasteiger partial charge in [0.25, 0.3) is 5.56 Å². The number of amides is 1. The van der Waals surface area contributed by atoms with Gasteiger partial charge in [-0.2, -0.15) is 0 Å². The Bertz CT molecular complexity index is 875. The van der Waals surface area contributed by atoms with Crippen molar-refractivity contribution in [1.29, 1.82) is 0 Å². The van der Waals surface area contributed by atoms with Gasteiger partial charge in [0.05, 0.1) is 13.7 Å². The predicted octanol–water partition coefficient (Wildman–Crippen LogP) is 2.14. The first-order valence-corrected chi connectivity index (χ1v) is 9.06. The smallest absolute Gasteiger partial charge is 0.409 e. The molecule has 2 heterocycles. The lowest BCUT2D eigenvalue weighted by molar-refractivity contribution is 0.0885. The third kappa shape index (κ3) is 4.61. The van der Waals surface area contributed by atoms with Crippen molar-refractivity contribution in [2.24, 2.45) is 0 Å². The fraction of sp³-hybridized carbons (Fsp3) is 0.368. The molecule has 0 saturated carbocycles. The van der Waals surface area contributed by atoms with Crippen LogP contribution in [0.1, 0.15) is 11.1 Å². The number of rotatable bonds is 4. The number of halogens is 1. The molecule has 0 atom stereocenters. The van der Waals surface area contributed by atoms with Crippen LogP contribution in [-0.2, 0) is 17.8 Å². The van der Waals surface area contributed by atoms with Gasteiger partial charge in [0.2, 0.25) is 0 Å². The molecule has 0 radical (unpaired) electrons. The number of methoxy groups -OCH3 is 1. The van der Waals surface area contributed by atoms with Gasteiger partial charge in [-0.3, -0.25) is 9.69 Å². The van der Waals surface area contributed by atoms with Gasteiger partial charge in [-0.25, -0.2) is 4.79 Å². The van der Waals surface area contributed by atoms with Crippen LogP contribution in [-0.4, -0.2) is 58.9 Å². The lowest BCUT2D eigenvalue weighted by atomic mass is 10.2. The van der Waals surface area contributed by atoms with Gasteiger partial charge in [-0.15, -0.1) is 0 Å². The fourth-order valence-electron chi connectivity index (χ4n) is 3.14. The Kier molecular flexibility index (Phi) is 6.03. The van der Waals surface area contributed by atoms with E-state index in [1.54, 1.807) is 29.3 Å². The number of aromatic hydroxyl groups is 1. The minimum atomic E-state index is -0.430. The molecule has 3 rings (SSSR count). The van der Waals surface area contributed by atoms with Crippen molar-refractivity contribution in [3.63, 3.8) is 0 Å². The number of aromatic nitrogens is 1. The Morgan fingerprint density at radius 2 is 1.93 bits per heavy atom. The summed E-state index contributed by atoms with van der Waals surface area (Å²) in [5.74, 6) is -0.241. The average Bonchev–Trinajstić information content (AvgIpc) is 2.68. The van der Waals surface area contributed by atoms with Crippen molar-refractivity contribution in [3.05, 3.63) is 63.0 Å². The van der Waals surface area contributed by atoms with Crippen LogP contribution in [0.3, 0.4) is 0 Å². The summed E-state index contributed by atoms with van der Waals surface area (Å²) in [5.41, 5.74) is 1.03. The van der Waals surface area contributed by atoms with Gasteiger partial charge in [0.1, 0.15) is 0 Å². The average molecular weight is 392 g/mol. The normalized spacial score (nSPS) is 15.0. The second-order valence-corrected chi connectivity index (χ2v) is 6.92. The Morgan fingerprint density at radius 1 is 1.19 bits per heavy atom. The van der Waals surface area contributed by atoms with E-state index in [4.69, 9.17) is 16.3 Å². The highest BCUT2D eigenvalue weighted by molar-refractivity contribution is 6.30. The van der Waals surface area contributed by atoms with Crippen molar-refractivity contribution in [2.45, 2.75) is 13.1 Å². The maximum absolute atomic E-state index is 12.5. The zero-order valence-electron chi connectivity index (χ0n) is 15.1. The summed E-state index contributed by atoms with van der Waals surface area (Å²) >= 11 is 5.98. The van der Waals surface area contributed by atoms with Gasteiger partial charge in [0, 0.05) is 49.5 Å². The Labute approximate surface area is 162 Å². The molecule has 1 aliphatic heterocycles. The quantitative estimate of drug-likeness (QED) is 0.864. The van der Waals surface area contributed by atoms with Crippen LogP contribution in [0.4, 0.5) is 4.79 Å². The van der Waals surface area contributed by atoms with E-state index in [-0.39, 0.29) is 11.8 Å². The van der Waals surface area contributed by atoms with E-state index in [0.29, 0.717) is 49.9 Å². The van der Waals surface area contributed by atoms with Crippen molar-refractivity contribution in [1.82, 2.24) is 14.4 Å². The number of carbonyl (C=O) groups excluding carboxylic acids is 1. The number of ether oxygens (including phenoxy) is 1. The molecule has 0 spiro atoms. The van der Waals surface area contributed by atoms with E-state index >= 15 is 0 Å². The highest BCUT2D eigenvalue weighted by Crippen LogP contribution is 2.17. The SMILES string of the molecule is COC(=O)N1CCN(Cc2ccn(Cc3cccc(Cl)c3)c(=O)c2O)CC1. The molecular formula is C19H22ClN3O4. The first kappa shape index (κ1) is 19.3. The van der Waals surface area contributed by atoms with E-state index in [1.165, 1.54) is 11.7 Å². The first-order valence-electron chi connectivity index (χ1n) is 8.69. The van der Waals surface area contributed by atoms with Crippen LogP contribution in [0.2, 0.25) is 5.02 Å². The molecule has 1 aliphatic rings. The minimum absolute atomic E-state index is 0.241. The van der Waals surface area contributed by atoms with Crippen LogP contribution in [0.25, 0.3) is 0 Å². The molecular weight excluding hydrogens is 370 g/mol. The van der Waals surface area contributed by atoms with Crippen molar-refractivity contribution < 1.29 is 14.6 Å². The maximum Gasteiger partial charge on any atom is 0.409 e. The van der Waals surface area contributed by atoms with Gasteiger partial charge in [-0.05, 0) is 23.8 Å². The Hall–Kier alpha value is -2.51. The summed E-state index contributed by atoms with van der Waals surface area (Å²) in [7, 11) is 1.37. The third-order valence-corrected chi connectivity index (χ3v) is 4.90. The van der Waals surface area contributed by atoms with E-state index in [0.717, 1.165) is 5.56 Å². The molecule has 1 saturated heterocycles. The number of hydrogen-bond donors (Lipinski definition) is 1. The fourth-order valence-corrected chi connectivity index (χ4v) is 3.36. The molecule has 1 aromatic heterocycles. The topological polar surface area (TPSA) is 75.0 Å². The Morgan fingerprint density at radius 3 is 2.59 bits per heavy atom. The van der Waals surface area contributed by atoms with E-state index < -0.39 is 5.56 Å². The molecule has 0 aliphatic carbocycles. The van der Waals surface area contributed by atoms with Crippen LogP contribution >= 0.6 is 11.6 Å². The zero-order chi connectivity index (χ0) is 19.4. The zero-order valence-corrected chi connectivity index (χ0v) is 15.9. The van der Waals surface area contributed by atoms with Gasteiger partial charge < -0.3 is 19.3 Å². The summed E-state index contributed by atoms with van der Waals surface area (Å²) in [4.78, 5) is 27.8. The standard InChI is InChI=1S/C19H22ClN3O4/c1-27-19(26)22-9-7-21(8-10-22)13-15-5-6-23(18(25)17(15)24)12-14-3-2-4-16(20)11-14/h2-6,11,24H,7-10,12-13H2,1H3. The molecule has 1 N–H and O–H groups in total. The molecule has 8 heteroatoms. The number of benzene rings is 1. The van der Waals surface area contributed by atoms with Crippen molar-refractivity contribution in [2.75, 3.05) is 33.3 Å². The number of nitrogens with zero attached hydrogens (tertiary/aromatic N) is 3. The molecule has 27 heavy (non-hydrogen) atoms. The molecule has 144 valence electrons. The van der Waals surface area contributed by atoms with Crippen LogP contribution in [0.15, 0.2) is 41.3 Å². The van der Waals surface area contributed by atoms with Crippen LogP contribution in [0.5, 0.6) is 5.75 Å². The third-order valence-electron chi connectivity index (χ3n) is 4.66. The summed E-state index contributed by atoms with van der Waals surface area (Å²) in [6.07, 6.45) is 1.35. The highest BCUT2D eigenvalue weighted by atomic mass is 35.5. The summed E-state index contributed by atoms with van der Waals surface area (Å²) in [6.45, 7) is 3.21. The summed E-state index contributed by atoms with van der Waals surface area (Å²) < 4.78 is 6.18. The lowest BCUT2D eigenvalue weighted by Crippen LogP contribution is -2.48. The highest BCUT2D eigenvalue weighted by Gasteiger charge is 2.22. The van der Waals surface area contributed by atoms with Crippen molar-refractivity contribution in [3.8, 4) is 5.75 Å². The minimum Gasteiger partial charge on any atom is -0.503 e. The molecule has 1 amide bonds. The summed E-state index contributed by atoms with van der Waals surface area (Å²) in [5, 5.41) is 11.0. The number of hydrogen-bond acceptors (Lipinski definition) is 5. The van der Waals surface area contributed by atoms with E-state index in [9.17, 15) is 14.7 Å². The molecule has 2 aromatic rings. The van der Waals surface area contributed by atoms with Crippen LogP contribution in [0, 0.1) is 0 Å². The molecule has 1 aromatic carbocycles. The van der Waals surface area contributed by atoms with E-state index in [2.05, 4.69) is 4.90 Å². The van der Waals surface area contributed by atoms with Gasteiger partial charge in [-0.1, -0.05) is 23.7 Å². The number of piperazine rings is 1. The largest absolute Gasteiger partial charge is 0.503 e. The number of carbonyl (C=O) groups is 1. The summed E-state index contributed by atoms with van der Waals surface area (Å²) in [6, 6.07) is 9.02. The van der Waals surface area contributed by atoms with Gasteiger partial charge in [0.15, 0.2) is 5.75 Å². The van der Waals surface area contributed by atoms with Gasteiger partial charge >= 0.3 is 6.09 Å².